The summed E-state index contributed by atoms with van der Waals surface area (Å²) in [6.45, 7) is 0. The number of ether oxygens (including phenoxy) is 1. The highest BCUT2D eigenvalue weighted by Gasteiger charge is 2.39. The summed E-state index contributed by atoms with van der Waals surface area (Å²) in [5.41, 5.74) is 0.911. The molecule has 66 valence electrons. The summed E-state index contributed by atoms with van der Waals surface area (Å²) in [5.74, 6) is 0.935. The lowest BCUT2D eigenvalue weighted by Gasteiger charge is -2.40. The molecule has 0 N–H and O–H groups in total. The van der Waals surface area contributed by atoms with E-state index in [0.717, 1.165) is 24.3 Å². The van der Waals surface area contributed by atoms with Crippen LogP contribution in [0, 0.1) is 0 Å². The van der Waals surface area contributed by atoms with Gasteiger partial charge in [0.25, 0.3) is 0 Å². The van der Waals surface area contributed by atoms with Gasteiger partial charge in [-0.15, -0.1) is 0 Å². The van der Waals surface area contributed by atoms with Crippen molar-refractivity contribution in [3.63, 3.8) is 0 Å². The molecule has 0 atom stereocenters. The van der Waals surface area contributed by atoms with E-state index in [1.807, 2.05) is 30.5 Å². The zero-order valence-corrected chi connectivity index (χ0v) is 7.36. The van der Waals surface area contributed by atoms with Gasteiger partial charge in [0.1, 0.15) is 17.0 Å². The van der Waals surface area contributed by atoms with Crippen LogP contribution in [0.15, 0.2) is 29.3 Å². The maximum atomic E-state index is 5.91. The first-order valence-electron chi connectivity index (χ1n) is 4.71. The van der Waals surface area contributed by atoms with Gasteiger partial charge >= 0.3 is 0 Å². The fourth-order valence-electron chi connectivity index (χ4n) is 1.84. The maximum Gasteiger partial charge on any atom is 0.146 e. The molecule has 0 amide bonds. The van der Waals surface area contributed by atoms with E-state index in [1.54, 1.807) is 0 Å². The highest BCUT2D eigenvalue weighted by atomic mass is 16.5. The average Bonchev–Trinajstić information content (AvgIpc) is 2.15. The molecule has 1 aliphatic heterocycles. The lowest BCUT2D eigenvalue weighted by molar-refractivity contribution is 0.0627. The zero-order chi connectivity index (χ0) is 8.73. The van der Waals surface area contributed by atoms with Gasteiger partial charge in [-0.1, -0.05) is 12.1 Å². The van der Waals surface area contributed by atoms with Gasteiger partial charge in [-0.2, -0.15) is 0 Å². The number of aliphatic imine (C=N–C) groups is 1. The molecule has 1 heterocycles. The van der Waals surface area contributed by atoms with E-state index < -0.39 is 0 Å². The molecule has 0 radical (unpaired) electrons. The molecular weight excluding hydrogens is 162 g/mol. The minimum absolute atomic E-state index is 0.0473. The fraction of sp³-hybridized carbons (Fsp3) is 0.364. The van der Waals surface area contributed by atoms with Crippen LogP contribution in [-0.4, -0.2) is 11.8 Å². The quantitative estimate of drug-likeness (QED) is 0.591. The van der Waals surface area contributed by atoms with Crippen LogP contribution in [0.5, 0.6) is 5.75 Å². The zero-order valence-electron chi connectivity index (χ0n) is 7.36. The van der Waals surface area contributed by atoms with Gasteiger partial charge in [-0.05, 0) is 31.4 Å². The molecule has 0 unspecified atom stereocenters. The second-order valence-corrected chi connectivity index (χ2v) is 3.75. The van der Waals surface area contributed by atoms with E-state index in [2.05, 4.69) is 4.99 Å². The Bertz CT molecular complexity index is 366. The van der Waals surface area contributed by atoms with Gasteiger partial charge in [-0.3, -0.25) is 4.99 Å². The largest absolute Gasteiger partial charge is 0.479 e. The van der Waals surface area contributed by atoms with Crippen LogP contribution in [0.25, 0.3) is 0 Å². The average molecular weight is 173 g/mol. The Kier molecular flexibility index (Phi) is 1.29. The molecule has 13 heavy (non-hydrogen) atoms. The van der Waals surface area contributed by atoms with E-state index in [9.17, 15) is 0 Å². The second-order valence-electron chi connectivity index (χ2n) is 3.75. The lowest BCUT2D eigenvalue weighted by Crippen LogP contribution is -2.45. The van der Waals surface area contributed by atoms with Crippen molar-refractivity contribution in [2.45, 2.75) is 24.9 Å². The number of hydrogen-bond donors (Lipinski definition) is 0. The molecule has 0 saturated heterocycles. The van der Waals surface area contributed by atoms with Crippen LogP contribution in [0.3, 0.4) is 0 Å². The van der Waals surface area contributed by atoms with Crippen molar-refractivity contribution >= 4 is 11.9 Å². The fourth-order valence-corrected chi connectivity index (χ4v) is 1.84. The monoisotopic (exact) mass is 173 g/mol. The van der Waals surface area contributed by atoms with Crippen molar-refractivity contribution in [1.29, 1.82) is 0 Å². The van der Waals surface area contributed by atoms with Gasteiger partial charge in [0.2, 0.25) is 0 Å². The normalized spacial score (nSPS) is 21.8. The molecule has 2 nitrogen and oxygen atoms in total. The van der Waals surface area contributed by atoms with E-state index in [-0.39, 0.29) is 5.60 Å². The van der Waals surface area contributed by atoms with Crippen LogP contribution < -0.4 is 4.74 Å². The Labute approximate surface area is 77.3 Å². The Morgan fingerprint density at radius 2 is 2.08 bits per heavy atom. The molecule has 2 aliphatic rings. The third-order valence-electron chi connectivity index (χ3n) is 2.82. The number of nitrogens with zero attached hydrogens (tertiary/aromatic N) is 1. The summed E-state index contributed by atoms with van der Waals surface area (Å²) in [7, 11) is 0. The van der Waals surface area contributed by atoms with Gasteiger partial charge in [0.15, 0.2) is 0 Å². The predicted octanol–water partition coefficient (Wildman–Crippen LogP) is 2.70. The molecule has 1 saturated carbocycles. The molecule has 2 heteroatoms. The van der Waals surface area contributed by atoms with Crippen molar-refractivity contribution in [1.82, 2.24) is 0 Å². The molecule has 0 aromatic heterocycles. The van der Waals surface area contributed by atoms with Crippen LogP contribution in [-0.2, 0) is 0 Å². The highest BCUT2D eigenvalue weighted by molar-refractivity contribution is 5.78. The first kappa shape index (κ1) is 7.13. The van der Waals surface area contributed by atoms with Crippen molar-refractivity contribution in [2.75, 3.05) is 0 Å². The summed E-state index contributed by atoms with van der Waals surface area (Å²) in [6, 6.07) is 7.95. The standard InChI is InChI=1S/C11H11NO/c1-2-5-10-9(4-1)12-8-11(13-10)6-3-7-11/h1-2,4-5,8H,3,6-7H2. The molecule has 1 aromatic rings. The number of hydrogen-bond acceptors (Lipinski definition) is 2. The number of para-hydroxylation sites is 2. The topological polar surface area (TPSA) is 21.6 Å². The highest BCUT2D eigenvalue weighted by Crippen LogP contribution is 2.42. The molecule has 1 fully saturated rings. The van der Waals surface area contributed by atoms with Gasteiger partial charge in [0.05, 0.1) is 0 Å². The smallest absolute Gasteiger partial charge is 0.146 e. The van der Waals surface area contributed by atoms with Crippen LogP contribution in [0.4, 0.5) is 5.69 Å². The number of fused-ring (bicyclic) bond motifs is 1. The van der Waals surface area contributed by atoms with Crippen molar-refractivity contribution in [3.05, 3.63) is 24.3 Å². The van der Waals surface area contributed by atoms with E-state index in [4.69, 9.17) is 4.74 Å². The van der Waals surface area contributed by atoms with E-state index >= 15 is 0 Å². The molecule has 1 aromatic carbocycles. The lowest BCUT2D eigenvalue weighted by atomic mass is 9.80. The number of benzene rings is 1. The second kappa shape index (κ2) is 2.34. The summed E-state index contributed by atoms with van der Waals surface area (Å²) in [5, 5.41) is 0. The molecule has 1 spiro atoms. The van der Waals surface area contributed by atoms with Gasteiger partial charge in [0, 0.05) is 6.21 Å². The summed E-state index contributed by atoms with van der Waals surface area (Å²) in [4.78, 5) is 4.42. The Balaban J connectivity index is 2.03. The van der Waals surface area contributed by atoms with Gasteiger partial charge in [-0.25, -0.2) is 0 Å². The third-order valence-corrected chi connectivity index (χ3v) is 2.82. The van der Waals surface area contributed by atoms with Crippen molar-refractivity contribution in [2.24, 2.45) is 4.99 Å². The molecule has 0 bridgehead atoms. The summed E-state index contributed by atoms with van der Waals surface area (Å²) < 4.78 is 5.91. The predicted molar refractivity (Wildman–Crippen MR) is 51.8 cm³/mol. The number of rotatable bonds is 0. The van der Waals surface area contributed by atoms with Crippen LogP contribution >= 0.6 is 0 Å². The first-order valence-corrected chi connectivity index (χ1v) is 4.71. The Morgan fingerprint density at radius 1 is 1.23 bits per heavy atom. The first-order chi connectivity index (χ1) is 6.38. The van der Waals surface area contributed by atoms with E-state index in [1.165, 1.54) is 6.42 Å². The summed E-state index contributed by atoms with van der Waals surface area (Å²) >= 11 is 0. The molecular formula is C11H11NO. The molecule has 1 aliphatic carbocycles. The van der Waals surface area contributed by atoms with Gasteiger partial charge < -0.3 is 4.74 Å². The summed E-state index contributed by atoms with van der Waals surface area (Å²) in [6.07, 6.45) is 5.46. The maximum absolute atomic E-state index is 5.91. The minimum Gasteiger partial charge on any atom is -0.479 e. The van der Waals surface area contributed by atoms with E-state index in [0.29, 0.717) is 0 Å². The van der Waals surface area contributed by atoms with Crippen LogP contribution in [0.2, 0.25) is 0 Å². The Hall–Kier alpha value is -1.31. The van der Waals surface area contributed by atoms with Crippen LogP contribution in [0.1, 0.15) is 19.3 Å². The Morgan fingerprint density at radius 3 is 2.85 bits per heavy atom. The molecule has 3 rings (SSSR count). The third kappa shape index (κ3) is 0.981. The van der Waals surface area contributed by atoms with Crippen molar-refractivity contribution in [3.8, 4) is 5.75 Å². The SMILES string of the molecule is C1=Nc2ccccc2OC12CCC2. The minimum atomic E-state index is -0.0473. The van der Waals surface area contributed by atoms with Crippen molar-refractivity contribution < 1.29 is 4.74 Å².